The molecule has 0 unspecified atom stereocenters. The first-order valence-corrected chi connectivity index (χ1v) is 11.8. The van der Waals surface area contributed by atoms with Gasteiger partial charge in [0.15, 0.2) is 0 Å². The number of carbonyl (C=O) groups excluding carboxylic acids is 1. The molecule has 2 aromatic carbocycles. The number of benzene rings is 2. The van der Waals surface area contributed by atoms with Gasteiger partial charge in [-0.2, -0.15) is 0 Å². The topological polar surface area (TPSA) is 50.7 Å². The van der Waals surface area contributed by atoms with E-state index in [0.717, 1.165) is 53.2 Å². The van der Waals surface area contributed by atoms with Crippen LogP contribution in [0, 0.1) is 12.3 Å². The van der Waals surface area contributed by atoms with Crippen LogP contribution >= 0.6 is 11.3 Å². The third-order valence-electron chi connectivity index (χ3n) is 5.44. The Morgan fingerprint density at radius 3 is 2.56 bits per heavy atom. The van der Waals surface area contributed by atoms with Crippen molar-refractivity contribution >= 4 is 34.1 Å². The lowest BCUT2D eigenvalue weighted by Crippen LogP contribution is -2.14. The van der Waals surface area contributed by atoms with Gasteiger partial charge in [-0.3, -0.25) is 4.79 Å². The van der Waals surface area contributed by atoms with Crippen molar-refractivity contribution in [2.75, 3.05) is 11.9 Å². The fraction of sp³-hybridized carbons (Fsp3) is 0.259. The predicted molar refractivity (Wildman–Crippen MR) is 133 cm³/mol. The zero-order valence-corrected chi connectivity index (χ0v) is 18.8. The Morgan fingerprint density at radius 1 is 1.06 bits per heavy atom. The molecular formula is C27H26N2O2S. The number of aliphatic imine (C=N–C) groups is 1. The quantitative estimate of drug-likeness (QED) is 0.354. The van der Waals surface area contributed by atoms with Crippen LogP contribution in [0.15, 0.2) is 59.6 Å². The van der Waals surface area contributed by atoms with Crippen molar-refractivity contribution in [1.29, 1.82) is 0 Å². The maximum absolute atomic E-state index is 13.3. The number of carbonyl (C=O) groups is 1. The summed E-state index contributed by atoms with van der Waals surface area (Å²) in [7, 11) is 0. The van der Waals surface area contributed by atoms with E-state index < -0.39 is 0 Å². The highest BCUT2D eigenvalue weighted by Gasteiger charge is 2.24. The molecule has 0 atom stereocenters. The molecule has 4 nitrogen and oxygen atoms in total. The Morgan fingerprint density at radius 2 is 1.81 bits per heavy atom. The highest BCUT2D eigenvalue weighted by Crippen LogP contribution is 2.39. The summed E-state index contributed by atoms with van der Waals surface area (Å²) in [5.74, 6) is 3.10. The first-order chi connectivity index (χ1) is 15.7. The molecule has 0 saturated carbocycles. The lowest BCUT2D eigenvalue weighted by atomic mass is 9.96. The van der Waals surface area contributed by atoms with Crippen LogP contribution in [0.2, 0.25) is 0 Å². The molecule has 1 aromatic heterocycles. The number of rotatable bonds is 6. The molecule has 1 heterocycles. The third kappa shape index (κ3) is 5.46. The van der Waals surface area contributed by atoms with Crippen LogP contribution in [-0.4, -0.2) is 18.7 Å². The number of hydrogen-bond donors (Lipinski definition) is 1. The minimum atomic E-state index is -0.0838. The second-order valence-corrected chi connectivity index (χ2v) is 8.82. The van der Waals surface area contributed by atoms with Crippen molar-refractivity contribution in [2.45, 2.75) is 38.5 Å². The molecule has 3 aromatic rings. The van der Waals surface area contributed by atoms with Gasteiger partial charge in [-0.05, 0) is 73.2 Å². The van der Waals surface area contributed by atoms with E-state index in [1.807, 2.05) is 60.8 Å². The summed E-state index contributed by atoms with van der Waals surface area (Å²) in [5, 5.41) is 3.83. The van der Waals surface area contributed by atoms with Crippen LogP contribution in [0.5, 0.6) is 5.75 Å². The molecule has 0 bridgehead atoms. The lowest BCUT2D eigenvalue weighted by molar-refractivity contribution is 0.102. The molecule has 0 aliphatic heterocycles. The number of amides is 1. The number of para-hydroxylation sites is 1. The summed E-state index contributed by atoms with van der Waals surface area (Å²) in [4.78, 5) is 19.4. The monoisotopic (exact) mass is 442 g/mol. The van der Waals surface area contributed by atoms with E-state index >= 15 is 0 Å². The SMILES string of the molecule is C#CCOc1ccc(C=Nc2sc3c(c2C(=O)Nc2ccccc2)CCCCCC3)cc1. The zero-order valence-electron chi connectivity index (χ0n) is 18.0. The summed E-state index contributed by atoms with van der Waals surface area (Å²) >= 11 is 1.65. The van der Waals surface area contributed by atoms with Gasteiger partial charge in [-0.1, -0.05) is 37.0 Å². The highest BCUT2D eigenvalue weighted by atomic mass is 32.1. The summed E-state index contributed by atoms with van der Waals surface area (Å²) in [6.45, 7) is 0.244. The Bertz CT molecular complexity index is 1120. The maximum Gasteiger partial charge on any atom is 0.259 e. The van der Waals surface area contributed by atoms with Gasteiger partial charge in [0.1, 0.15) is 17.4 Å². The van der Waals surface area contributed by atoms with Crippen LogP contribution in [0.3, 0.4) is 0 Å². The van der Waals surface area contributed by atoms with Crippen molar-refractivity contribution < 1.29 is 9.53 Å². The lowest BCUT2D eigenvalue weighted by Gasteiger charge is -2.12. The fourth-order valence-electron chi connectivity index (χ4n) is 3.85. The number of nitrogens with one attached hydrogen (secondary N) is 1. The average molecular weight is 443 g/mol. The number of hydrogen-bond acceptors (Lipinski definition) is 4. The van der Waals surface area contributed by atoms with Crippen LogP contribution in [0.25, 0.3) is 0 Å². The molecule has 32 heavy (non-hydrogen) atoms. The van der Waals surface area contributed by atoms with Gasteiger partial charge >= 0.3 is 0 Å². The van der Waals surface area contributed by atoms with Crippen LogP contribution < -0.4 is 10.1 Å². The summed E-state index contributed by atoms with van der Waals surface area (Å²) in [6, 6.07) is 17.2. The molecule has 1 amide bonds. The van der Waals surface area contributed by atoms with Gasteiger partial charge in [0.05, 0.1) is 5.56 Å². The molecule has 1 aliphatic carbocycles. The van der Waals surface area contributed by atoms with Crippen LogP contribution in [0.4, 0.5) is 10.7 Å². The molecule has 0 spiro atoms. The van der Waals surface area contributed by atoms with Crippen molar-refractivity contribution in [2.24, 2.45) is 4.99 Å². The van der Waals surface area contributed by atoms with E-state index in [-0.39, 0.29) is 12.5 Å². The maximum atomic E-state index is 13.3. The van der Waals surface area contributed by atoms with Crippen molar-refractivity contribution in [1.82, 2.24) is 0 Å². The summed E-state index contributed by atoms with van der Waals surface area (Å²) < 4.78 is 5.43. The molecule has 5 heteroatoms. The molecule has 0 saturated heterocycles. The number of ether oxygens (including phenoxy) is 1. The van der Waals surface area contributed by atoms with Crippen molar-refractivity contribution in [3.63, 3.8) is 0 Å². The number of fused-ring (bicyclic) bond motifs is 1. The zero-order chi connectivity index (χ0) is 22.2. The minimum Gasteiger partial charge on any atom is -0.481 e. The minimum absolute atomic E-state index is 0.0838. The summed E-state index contributed by atoms with van der Waals surface area (Å²) in [6.07, 6.45) is 13.7. The van der Waals surface area contributed by atoms with Crippen molar-refractivity contribution in [3.8, 4) is 18.1 Å². The normalized spacial score (nSPS) is 13.6. The number of nitrogens with zero attached hydrogens (tertiary/aromatic N) is 1. The van der Waals surface area contributed by atoms with Gasteiger partial charge in [-0.15, -0.1) is 17.8 Å². The van der Waals surface area contributed by atoms with Gasteiger partial charge in [0.2, 0.25) is 0 Å². The van der Waals surface area contributed by atoms with Gasteiger partial charge < -0.3 is 10.1 Å². The molecule has 0 fully saturated rings. The Labute approximate surface area is 193 Å². The second kappa shape index (κ2) is 10.8. The molecular weight excluding hydrogens is 416 g/mol. The van der Waals surface area contributed by atoms with Crippen LogP contribution in [-0.2, 0) is 12.8 Å². The molecule has 162 valence electrons. The average Bonchev–Trinajstić information content (AvgIpc) is 3.14. The van der Waals surface area contributed by atoms with E-state index in [1.165, 1.54) is 23.3 Å². The Hall–Kier alpha value is -3.36. The van der Waals surface area contributed by atoms with Gasteiger partial charge in [0.25, 0.3) is 5.91 Å². The van der Waals surface area contributed by atoms with Gasteiger partial charge in [-0.25, -0.2) is 4.99 Å². The Kier molecular flexibility index (Phi) is 7.37. The number of aryl methyl sites for hydroxylation is 1. The van der Waals surface area contributed by atoms with Crippen molar-refractivity contribution in [3.05, 3.63) is 76.2 Å². The number of terminal acetylenes is 1. The smallest absolute Gasteiger partial charge is 0.259 e. The van der Waals surface area contributed by atoms with Gasteiger partial charge in [0, 0.05) is 16.8 Å². The first kappa shape index (κ1) is 21.9. The fourth-order valence-corrected chi connectivity index (χ4v) is 5.08. The van der Waals surface area contributed by atoms with E-state index in [4.69, 9.17) is 16.2 Å². The summed E-state index contributed by atoms with van der Waals surface area (Å²) in [5.41, 5.74) is 3.63. The van der Waals surface area contributed by atoms with E-state index in [1.54, 1.807) is 11.3 Å². The molecule has 1 aliphatic rings. The van der Waals surface area contributed by atoms with Crippen LogP contribution in [0.1, 0.15) is 52.0 Å². The first-order valence-electron chi connectivity index (χ1n) is 11.0. The largest absolute Gasteiger partial charge is 0.481 e. The highest BCUT2D eigenvalue weighted by molar-refractivity contribution is 7.16. The number of anilines is 1. The molecule has 1 N–H and O–H groups in total. The van der Waals surface area contributed by atoms with E-state index in [9.17, 15) is 4.79 Å². The molecule has 0 radical (unpaired) electrons. The standard InChI is InChI=1S/C27H26N2O2S/c1-2-18-31-22-16-14-20(15-17-22)19-28-27-25(26(30)29-21-10-6-5-7-11-21)23-12-8-3-4-9-13-24(23)32-27/h1,5-7,10-11,14-17,19H,3-4,8-9,12-13,18H2,(H,29,30). The molecule has 4 rings (SSSR count). The van der Waals surface area contributed by atoms with E-state index in [2.05, 4.69) is 11.2 Å². The van der Waals surface area contributed by atoms with E-state index in [0.29, 0.717) is 0 Å². The number of thiophene rings is 1. The predicted octanol–water partition coefficient (Wildman–Crippen LogP) is 6.42. The third-order valence-corrected chi connectivity index (χ3v) is 6.64. The Balaban J connectivity index is 1.63. The second-order valence-electron chi connectivity index (χ2n) is 7.74.